The molecule has 0 radical (unpaired) electrons. The summed E-state index contributed by atoms with van der Waals surface area (Å²) < 4.78 is 1.07. The predicted molar refractivity (Wildman–Crippen MR) is 67.9 cm³/mol. The van der Waals surface area contributed by atoms with E-state index in [1.807, 2.05) is 24.3 Å². The van der Waals surface area contributed by atoms with E-state index in [9.17, 15) is 0 Å². The van der Waals surface area contributed by atoms with Crippen molar-refractivity contribution in [2.75, 3.05) is 11.1 Å². The van der Waals surface area contributed by atoms with E-state index in [-0.39, 0.29) is 0 Å². The second-order valence-electron chi connectivity index (χ2n) is 3.28. The van der Waals surface area contributed by atoms with Gasteiger partial charge in [0.15, 0.2) is 0 Å². The Morgan fingerprint density at radius 1 is 1.19 bits per heavy atom. The van der Waals surface area contributed by atoms with Crippen LogP contribution in [0.2, 0.25) is 0 Å². The smallest absolute Gasteiger partial charge is 0.222 e. The normalized spacial score (nSPS) is 10.1. The molecule has 5 heteroatoms. The van der Waals surface area contributed by atoms with Crippen molar-refractivity contribution in [2.24, 2.45) is 0 Å². The molecule has 1 heterocycles. The summed E-state index contributed by atoms with van der Waals surface area (Å²) in [6, 6.07) is 8.01. The van der Waals surface area contributed by atoms with E-state index in [1.54, 1.807) is 12.4 Å². The molecule has 0 bridgehead atoms. The van der Waals surface area contributed by atoms with Crippen LogP contribution in [0, 0.1) is 0 Å². The fraction of sp³-hybridized carbons (Fsp3) is 0.0909. The minimum atomic E-state index is 0.562. The van der Waals surface area contributed by atoms with Gasteiger partial charge in [-0.3, -0.25) is 0 Å². The van der Waals surface area contributed by atoms with Gasteiger partial charge in [0.25, 0.3) is 0 Å². The molecule has 1 aromatic heterocycles. The number of nitrogens with zero attached hydrogens (tertiary/aromatic N) is 2. The molecule has 2 rings (SSSR count). The van der Waals surface area contributed by atoms with Crippen molar-refractivity contribution in [3.8, 4) is 0 Å². The predicted octanol–water partition coefficient (Wildman–Crippen LogP) is 2.43. The number of benzene rings is 1. The zero-order valence-corrected chi connectivity index (χ0v) is 10.1. The third-order valence-electron chi connectivity index (χ3n) is 2.07. The molecule has 0 amide bonds. The zero-order chi connectivity index (χ0) is 11.4. The Labute approximate surface area is 102 Å². The number of halogens is 1. The maximum Gasteiger partial charge on any atom is 0.222 e. The molecule has 4 nitrogen and oxygen atoms in total. The Morgan fingerprint density at radius 2 is 1.88 bits per heavy atom. The number of aromatic nitrogens is 2. The summed E-state index contributed by atoms with van der Waals surface area (Å²) in [6.07, 6.45) is 3.16. The highest BCUT2D eigenvalue weighted by atomic mass is 79.9. The summed E-state index contributed by atoms with van der Waals surface area (Å²) in [6.45, 7) is 0.672. The lowest BCUT2D eigenvalue weighted by atomic mass is 10.2. The summed E-state index contributed by atoms with van der Waals surface area (Å²) >= 11 is 3.48. The number of rotatable bonds is 3. The van der Waals surface area contributed by atoms with Gasteiger partial charge in [-0.05, 0) is 11.6 Å². The van der Waals surface area contributed by atoms with Crippen LogP contribution in [0.3, 0.4) is 0 Å². The molecule has 1 aromatic carbocycles. The molecule has 0 aliphatic heterocycles. The number of anilines is 2. The SMILES string of the molecule is Nc1cnc(NCc2ccccc2Br)nc1. The van der Waals surface area contributed by atoms with Crippen LogP contribution in [0.5, 0.6) is 0 Å². The maximum absolute atomic E-state index is 5.50. The summed E-state index contributed by atoms with van der Waals surface area (Å²) in [4.78, 5) is 8.12. The van der Waals surface area contributed by atoms with Crippen molar-refractivity contribution >= 4 is 27.6 Å². The number of hydrogen-bond donors (Lipinski definition) is 2. The van der Waals surface area contributed by atoms with Gasteiger partial charge in [0, 0.05) is 11.0 Å². The third kappa shape index (κ3) is 2.70. The maximum atomic E-state index is 5.50. The Bertz CT molecular complexity index is 470. The zero-order valence-electron chi connectivity index (χ0n) is 8.52. The van der Waals surface area contributed by atoms with Gasteiger partial charge in [-0.25, -0.2) is 9.97 Å². The number of nitrogens with one attached hydrogen (secondary N) is 1. The first-order valence-electron chi connectivity index (χ1n) is 4.80. The van der Waals surface area contributed by atoms with E-state index < -0.39 is 0 Å². The number of nitrogens with two attached hydrogens (primary N) is 1. The van der Waals surface area contributed by atoms with Gasteiger partial charge in [-0.15, -0.1) is 0 Å². The Morgan fingerprint density at radius 3 is 2.56 bits per heavy atom. The first-order valence-corrected chi connectivity index (χ1v) is 5.60. The van der Waals surface area contributed by atoms with Crippen LogP contribution in [-0.2, 0) is 6.54 Å². The van der Waals surface area contributed by atoms with Gasteiger partial charge in [-0.2, -0.15) is 0 Å². The van der Waals surface area contributed by atoms with Crippen LogP contribution in [0.25, 0.3) is 0 Å². The molecule has 0 atom stereocenters. The summed E-state index contributed by atoms with van der Waals surface area (Å²) in [5, 5.41) is 3.12. The fourth-order valence-electron chi connectivity index (χ4n) is 1.25. The molecule has 0 saturated heterocycles. The molecule has 0 saturated carbocycles. The van der Waals surface area contributed by atoms with Gasteiger partial charge >= 0.3 is 0 Å². The Hall–Kier alpha value is -1.62. The minimum Gasteiger partial charge on any atom is -0.396 e. The van der Waals surface area contributed by atoms with Crippen molar-refractivity contribution in [3.63, 3.8) is 0 Å². The van der Waals surface area contributed by atoms with Crippen molar-refractivity contribution < 1.29 is 0 Å². The number of hydrogen-bond acceptors (Lipinski definition) is 4. The standard InChI is InChI=1S/C11H11BrN4/c12-10-4-2-1-3-8(10)5-14-11-15-6-9(13)7-16-11/h1-4,6-7H,5,13H2,(H,14,15,16). The summed E-state index contributed by atoms with van der Waals surface area (Å²) in [7, 11) is 0. The average Bonchev–Trinajstić information content (AvgIpc) is 2.30. The van der Waals surface area contributed by atoms with E-state index >= 15 is 0 Å². The lowest BCUT2D eigenvalue weighted by Crippen LogP contribution is -2.04. The molecule has 0 unspecified atom stereocenters. The van der Waals surface area contributed by atoms with Crippen molar-refractivity contribution in [1.29, 1.82) is 0 Å². The van der Waals surface area contributed by atoms with Gasteiger partial charge in [0.2, 0.25) is 5.95 Å². The van der Waals surface area contributed by atoms with Gasteiger partial charge in [-0.1, -0.05) is 34.1 Å². The van der Waals surface area contributed by atoms with Gasteiger partial charge in [0.05, 0.1) is 18.1 Å². The second-order valence-corrected chi connectivity index (χ2v) is 4.14. The van der Waals surface area contributed by atoms with Crippen molar-refractivity contribution in [3.05, 3.63) is 46.7 Å². The molecular weight excluding hydrogens is 268 g/mol. The Balaban J connectivity index is 2.02. The summed E-state index contributed by atoms with van der Waals surface area (Å²) in [5.74, 6) is 0.574. The Kier molecular flexibility index (Phi) is 3.36. The highest BCUT2D eigenvalue weighted by Gasteiger charge is 1.99. The minimum absolute atomic E-state index is 0.562. The first kappa shape index (κ1) is 10.9. The van der Waals surface area contributed by atoms with E-state index in [0.717, 1.165) is 10.0 Å². The molecule has 2 aromatic rings. The van der Waals surface area contributed by atoms with Crippen LogP contribution >= 0.6 is 15.9 Å². The molecule has 0 aliphatic rings. The summed E-state index contributed by atoms with van der Waals surface area (Å²) in [5.41, 5.74) is 7.21. The topological polar surface area (TPSA) is 63.8 Å². The van der Waals surface area contributed by atoms with Crippen LogP contribution < -0.4 is 11.1 Å². The highest BCUT2D eigenvalue weighted by molar-refractivity contribution is 9.10. The molecule has 0 spiro atoms. The van der Waals surface area contributed by atoms with Crippen LogP contribution in [0.1, 0.15) is 5.56 Å². The van der Waals surface area contributed by atoms with Crippen LogP contribution in [0.15, 0.2) is 41.1 Å². The lowest BCUT2D eigenvalue weighted by Gasteiger charge is -2.06. The first-order chi connectivity index (χ1) is 7.75. The molecule has 82 valence electrons. The molecule has 0 fully saturated rings. The van der Waals surface area contributed by atoms with E-state index in [4.69, 9.17) is 5.73 Å². The molecular formula is C11H11BrN4. The average molecular weight is 279 g/mol. The lowest BCUT2D eigenvalue weighted by molar-refractivity contribution is 1.05. The van der Waals surface area contributed by atoms with E-state index in [2.05, 4.69) is 31.2 Å². The monoisotopic (exact) mass is 278 g/mol. The highest BCUT2D eigenvalue weighted by Crippen LogP contribution is 2.16. The fourth-order valence-corrected chi connectivity index (χ4v) is 1.67. The third-order valence-corrected chi connectivity index (χ3v) is 2.84. The van der Waals surface area contributed by atoms with Crippen molar-refractivity contribution in [1.82, 2.24) is 9.97 Å². The van der Waals surface area contributed by atoms with Gasteiger partial charge in [0.1, 0.15) is 0 Å². The van der Waals surface area contributed by atoms with Crippen LogP contribution in [0.4, 0.5) is 11.6 Å². The quantitative estimate of drug-likeness (QED) is 0.905. The second kappa shape index (κ2) is 4.94. The molecule has 3 N–H and O–H groups in total. The van der Waals surface area contributed by atoms with Crippen molar-refractivity contribution in [2.45, 2.75) is 6.54 Å². The largest absolute Gasteiger partial charge is 0.396 e. The van der Waals surface area contributed by atoms with Crippen LogP contribution in [-0.4, -0.2) is 9.97 Å². The van der Waals surface area contributed by atoms with Gasteiger partial charge < -0.3 is 11.1 Å². The van der Waals surface area contributed by atoms with E-state index in [1.165, 1.54) is 0 Å². The number of nitrogen functional groups attached to an aromatic ring is 1. The molecule has 0 aliphatic carbocycles. The van der Waals surface area contributed by atoms with E-state index in [0.29, 0.717) is 18.2 Å². The molecule has 16 heavy (non-hydrogen) atoms.